The van der Waals surface area contributed by atoms with Gasteiger partial charge in [0.15, 0.2) is 0 Å². The Balaban J connectivity index is 2.94. The zero-order valence-electron chi connectivity index (χ0n) is 6.90. The first kappa shape index (κ1) is 10.0. The summed E-state index contributed by atoms with van der Waals surface area (Å²) in [5.74, 6) is -2.97. The third-order valence-electron chi connectivity index (χ3n) is 1.67. The van der Waals surface area contributed by atoms with Gasteiger partial charge in [0.2, 0.25) is 0 Å². The molecule has 1 rings (SSSR count). The number of halogens is 4. The molecule has 0 heterocycles. The van der Waals surface area contributed by atoms with Crippen LogP contribution in [0.25, 0.3) is 0 Å². The molecular formula is C9H8F4. The lowest BCUT2D eigenvalue weighted by atomic mass is 10.1. The number of alkyl halides is 4. The quantitative estimate of drug-likeness (QED) is 0.626. The molecule has 0 unspecified atom stereocenters. The fourth-order valence-electron chi connectivity index (χ4n) is 0.921. The van der Waals surface area contributed by atoms with Crippen LogP contribution in [0.2, 0.25) is 0 Å². The van der Waals surface area contributed by atoms with Crippen molar-refractivity contribution in [1.82, 2.24) is 0 Å². The summed E-state index contributed by atoms with van der Waals surface area (Å²) >= 11 is 0. The van der Waals surface area contributed by atoms with Crippen molar-refractivity contribution in [1.29, 1.82) is 0 Å². The van der Waals surface area contributed by atoms with Crippen molar-refractivity contribution in [3.05, 3.63) is 35.4 Å². The molecule has 0 spiro atoms. The summed E-state index contributed by atoms with van der Waals surface area (Å²) in [6.45, 7) is 0.727. The molecule has 0 aliphatic carbocycles. The maximum atomic E-state index is 12.6. The Morgan fingerprint density at radius 2 is 1.54 bits per heavy atom. The van der Waals surface area contributed by atoms with E-state index >= 15 is 0 Å². The van der Waals surface area contributed by atoms with E-state index < -0.39 is 12.3 Å². The Labute approximate surface area is 73.2 Å². The second-order valence-corrected chi connectivity index (χ2v) is 2.81. The van der Waals surface area contributed by atoms with E-state index in [-0.39, 0.29) is 11.1 Å². The van der Waals surface area contributed by atoms with Crippen LogP contribution in [0.1, 0.15) is 24.5 Å². The van der Waals surface area contributed by atoms with Gasteiger partial charge in [-0.1, -0.05) is 24.3 Å². The van der Waals surface area contributed by atoms with E-state index in [9.17, 15) is 17.6 Å². The molecule has 13 heavy (non-hydrogen) atoms. The van der Waals surface area contributed by atoms with Crippen molar-refractivity contribution in [2.75, 3.05) is 0 Å². The first-order valence-corrected chi connectivity index (χ1v) is 3.67. The number of hydrogen-bond acceptors (Lipinski definition) is 0. The predicted octanol–water partition coefficient (Wildman–Crippen LogP) is 3.74. The smallest absolute Gasteiger partial charge is 0.205 e. The molecule has 0 amide bonds. The van der Waals surface area contributed by atoms with Gasteiger partial charge < -0.3 is 0 Å². The maximum absolute atomic E-state index is 12.6. The number of benzene rings is 1. The maximum Gasteiger partial charge on any atom is 0.270 e. The van der Waals surface area contributed by atoms with Crippen LogP contribution < -0.4 is 0 Å². The minimum Gasteiger partial charge on any atom is -0.205 e. The van der Waals surface area contributed by atoms with Crippen molar-refractivity contribution in [2.24, 2.45) is 0 Å². The monoisotopic (exact) mass is 192 g/mol. The van der Waals surface area contributed by atoms with Crippen LogP contribution in [-0.4, -0.2) is 0 Å². The molecule has 1 aromatic rings. The Morgan fingerprint density at radius 1 is 1.08 bits per heavy atom. The van der Waals surface area contributed by atoms with Crippen molar-refractivity contribution in [3.63, 3.8) is 0 Å². The molecule has 0 saturated heterocycles. The number of hydrogen-bond donors (Lipinski definition) is 0. The molecule has 0 saturated carbocycles. The van der Waals surface area contributed by atoms with Gasteiger partial charge in [0, 0.05) is 18.1 Å². The summed E-state index contributed by atoms with van der Waals surface area (Å²) in [6.07, 6.45) is -2.61. The second-order valence-electron chi connectivity index (χ2n) is 2.81. The largest absolute Gasteiger partial charge is 0.270 e. The summed E-state index contributed by atoms with van der Waals surface area (Å²) in [5.41, 5.74) is -0.495. The van der Waals surface area contributed by atoms with E-state index in [1.807, 2.05) is 0 Å². The van der Waals surface area contributed by atoms with Gasteiger partial charge in [-0.2, -0.15) is 0 Å². The first-order valence-electron chi connectivity index (χ1n) is 3.67. The van der Waals surface area contributed by atoms with E-state index in [0.717, 1.165) is 31.2 Å². The Kier molecular flexibility index (Phi) is 2.59. The summed E-state index contributed by atoms with van der Waals surface area (Å²) in [5, 5.41) is 0. The Hall–Kier alpha value is -1.06. The van der Waals surface area contributed by atoms with Crippen LogP contribution >= 0.6 is 0 Å². The van der Waals surface area contributed by atoms with Crippen LogP contribution in [0.15, 0.2) is 24.3 Å². The van der Waals surface area contributed by atoms with E-state index in [4.69, 9.17) is 0 Å². The average Bonchev–Trinajstić information content (AvgIpc) is 2.03. The van der Waals surface area contributed by atoms with Crippen LogP contribution in [0.5, 0.6) is 0 Å². The molecule has 0 radical (unpaired) electrons. The van der Waals surface area contributed by atoms with Gasteiger partial charge in [-0.15, -0.1) is 0 Å². The molecule has 0 nitrogen and oxygen atoms in total. The van der Waals surface area contributed by atoms with Crippen molar-refractivity contribution < 1.29 is 17.6 Å². The minimum atomic E-state index is -2.97. The highest BCUT2D eigenvalue weighted by Crippen LogP contribution is 2.28. The first-order chi connectivity index (χ1) is 5.91. The van der Waals surface area contributed by atoms with Crippen LogP contribution in [0.4, 0.5) is 17.6 Å². The lowest BCUT2D eigenvalue weighted by Crippen LogP contribution is -2.06. The molecule has 0 N–H and O–H groups in total. The third kappa shape index (κ3) is 2.44. The highest BCUT2D eigenvalue weighted by molar-refractivity contribution is 5.25. The standard InChI is InChI=1S/C9H8F4/c1-9(12,13)7-4-2-6(3-5-7)8(10)11/h2-5,8H,1H3. The van der Waals surface area contributed by atoms with Crippen LogP contribution in [0, 0.1) is 0 Å². The molecule has 0 atom stereocenters. The SMILES string of the molecule is CC(F)(F)c1ccc(C(F)F)cc1. The van der Waals surface area contributed by atoms with E-state index in [1.54, 1.807) is 0 Å². The zero-order valence-corrected chi connectivity index (χ0v) is 6.90. The van der Waals surface area contributed by atoms with Gasteiger partial charge in [-0.25, -0.2) is 17.6 Å². The summed E-state index contributed by atoms with van der Waals surface area (Å²) in [7, 11) is 0. The van der Waals surface area contributed by atoms with Crippen LogP contribution in [-0.2, 0) is 5.92 Å². The van der Waals surface area contributed by atoms with Gasteiger partial charge in [-0.05, 0) is 0 Å². The lowest BCUT2D eigenvalue weighted by molar-refractivity contribution is 0.0173. The summed E-state index contributed by atoms with van der Waals surface area (Å²) in [4.78, 5) is 0. The summed E-state index contributed by atoms with van der Waals surface area (Å²) in [6, 6.07) is 4.05. The fraction of sp³-hybridized carbons (Fsp3) is 0.333. The Morgan fingerprint density at radius 3 is 1.85 bits per heavy atom. The Bertz CT molecular complexity index is 271. The minimum absolute atomic E-state index is 0.243. The zero-order chi connectivity index (χ0) is 10.1. The van der Waals surface area contributed by atoms with Crippen LogP contribution in [0.3, 0.4) is 0 Å². The van der Waals surface area contributed by atoms with E-state index in [0.29, 0.717) is 0 Å². The normalized spacial score (nSPS) is 12.2. The predicted molar refractivity (Wildman–Crippen MR) is 41.0 cm³/mol. The summed E-state index contributed by atoms with van der Waals surface area (Å²) < 4.78 is 49.2. The van der Waals surface area contributed by atoms with Crippen molar-refractivity contribution in [3.8, 4) is 0 Å². The highest BCUT2D eigenvalue weighted by atomic mass is 19.3. The number of rotatable bonds is 2. The molecule has 72 valence electrons. The topological polar surface area (TPSA) is 0 Å². The second kappa shape index (κ2) is 3.36. The van der Waals surface area contributed by atoms with E-state index in [2.05, 4.69) is 0 Å². The molecule has 0 bridgehead atoms. The molecule has 1 aromatic carbocycles. The van der Waals surface area contributed by atoms with Gasteiger partial charge in [0.05, 0.1) is 0 Å². The fourth-order valence-corrected chi connectivity index (χ4v) is 0.921. The highest BCUT2D eigenvalue weighted by Gasteiger charge is 2.24. The van der Waals surface area contributed by atoms with Gasteiger partial charge in [0.25, 0.3) is 12.3 Å². The molecular weight excluding hydrogens is 184 g/mol. The van der Waals surface area contributed by atoms with E-state index in [1.165, 1.54) is 0 Å². The average molecular weight is 192 g/mol. The lowest BCUT2D eigenvalue weighted by Gasteiger charge is -2.10. The van der Waals surface area contributed by atoms with Crippen molar-refractivity contribution in [2.45, 2.75) is 19.3 Å². The third-order valence-corrected chi connectivity index (χ3v) is 1.67. The van der Waals surface area contributed by atoms with Gasteiger partial charge >= 0.3 is 0 Å². The molecule has 0 aromatic heterocycles. The van der Waals surface area contributed by atoms with Gasteiger partial charge in [0.1, 0.15) is 0 Å². The molecule has 0 aliphatic heterocycles. The molecule has 0 fully saturated rings. The van der Waals surface area contributed by atoms with Crippen molar-refractivity contribution >= 4 is 0 Å². The molecule has 0 aliphatic rings. The van der Waals surface area contributed by atoms with Gasteiger partial charge in [-0.3, -0.25) is 0 Å². The molecule has 4 heteroatoms.